The number of benzene rings is 2. The topological polar surface area (TPSA) is 77.9 Å². The predicted molar refractivity (Wildman–Crippen MR) is 128 cm³/mol. The third kappa shape index (κ3) is 3.35. The molecule has 2 aromatic rings. The van der Waals surface area contributed by atoms with E-state index in [0.717, 1.165) is 10.5 Å². The average Bonchev–Trinajstić information content (AvgIpc) is 3.01. The van der Waals surface area contributed by atoms with Crippen LogP contribution in [0.5, 0.6) is 0 Å². The molecule has 3 amide bonds. The number of rotatable bonds is 3. The lowest BCUT2D eigenvalue weighted by Crippen LogP contribution is -2.64. The number of carbonyl (C=O) groups excluding carboxylic acids is 2. The van der Waals surface area contributed by atoms with E-state index in [1.54, 1.807) is 42.3 Å². The quantitative estimate of drug-likeness (QED) is 0.570. The normalized spacial score (nSPS) is 25.1. The van der Waals surface area contributed by atoms with E-state index in [-0.39, 0.29) is 18.0 Å². The Labute approximate surface area is 202 Å². The van der Waals surface area contributed by atoms with Crippen molar-refractivity contribution in [1.29, 1.82) is 0 Å². The van der Waals surface area contributed by atoms with E-state index in [0.29, 0.717) is 27.6 Å². The first-order valence-electron chi connectivity index (χ1n) is 10.7. The van der Waals surface area contributed by atoms with Crippen LogP contribution >= 0.6 is 23.2 Å². The fraction of sp³-hybridized carbons (Fsp3) is 0.320. The zero-order valence-electron chi connectivity index (χ0n) is 18.5. The van der Waals surface area contributed by atoms with Crippen molar-refractivity contribution in [3.63, 3.8) is 0 Å². The summed E-state index contributed by atoms with van der Waals surface area (Å²) in [5, 5.41) is 10.8. The van der Waals surface area contributed by atoms with E-state index < -0.39 is 29.4 Å². The molecular weight excluding hydrogens is 463 g/mol. The number of hydrogen-bond acceptors (Lipinski definition) is 3. The maximum absolute atomic E-state index is 14.3. The van der Waals surface area contributed by atoms with Gasteiger partial charge in [-0.25, -0.2) is 9.69 Å². The van der Waals surface area contributed by atoms with Gasteiger partial charge in [0.15, 0.2) is 0 Å². The Balaban J connectivity index is 2.13. The Morgan fingerprint density at radius 3 is 2.48 bits per heavy atom. The number of allylic oxidation sites excluding steroid dienone is 1. The van der Waals surface area contributed by atoms with Crippen molar-refractivity contribution in [1.82, 2.24) is 4.90 Å². The van der Waals surface area contributed by atoms with Gasteiger partial charge in [-0.05, 0) is 48.7 Å². The van der Waals surface area contributed by atoms with E-state index in [2.05, 4.69) is 0 Å². The Morgan fingerprint density at radius 2 is 1.88 bits per heavy atom. The number of likely N-dealkylation sites (N-methyl/N-ethyl adjacent to an activating group) is 1. The van der Waals surface area contributed by atoms with Crippen molar-refractivity contribution in [2.24, 2.45) is 0 Å². The van der Waals surface area contributed by atoms with Crippen LogP contribution in [-0.4, -0.2) is 41.0 Å². The first-order chi connectivity index (χ1) is 15.7. The molecule has 4 rings (SSSR count). The molecule has 6 nitrogen and oxygen atoms in total. The average molecular weight is 487 g/mol. The molecule has 3 unspecified atom stereocenters. The minimum Gasteiger partial charge on any atom is -0.464 e. The summed E-state index contributed by atoms with van der Waals surface area (Å²) in [5.41, 5.74) is 0.998. The summed E-state index contributed by atoms with van der Waals surface area (Å²) in [7, 11) is 1.68. The van der Waals surface area contributed by atoms with Gasteiger partial charge in [0, 0.05) is 29.4 Å². The fourth-order valence-electron chi connectivity index (χ4n) is 5.56. The van der Waals surface area contributed by atoms with Gasteiger partial charge in [-0.3, -0.25) is 9.59 Å². The second kappa shape index (κ2) is 8.50. The molecule has 2 aromatic carbocycles. The SMILES string of the molecule is CC=C(CC)C1N(C)C(=O)CC(c2cccc(Cl)c2)C12C(=O)N(C(=O)O)c1cc(Cl)ccc12. The van der Waals surface area contributed by atoms with E-state index >= 15 is 0 Å². The standard InChI is InChI=1S/C25H24Cl2N2O4/c1-4-14(5-2)22-25(18-10-9-17(27)12-20(18)29(23(25)31)24(32)33)19(13-21(30)28(22)3)15-7-6-8-16(26)11-15/h4,6-12,19,22H,5,13H2,1-3H3,(H,32,33). The van der Waals surface area contributed by atoms with Gasteiger partial charge in [0.05, 0.1) is 11.7 Å². The summed E-state index contributed by atoms with van der Waals surface area (Å²) in [4.78, 5) is 42.2. The number of likely N-dealkylation sites (tertiary alicyclic amines) is 1. The lowest BCUT2D eigenvalue weighted by Gasteiger charge is -2.51. The first kappa shape index (κ1) is 23.3. The number of nitrogens with zero attached hydrogens (tertiary/aromatic N) is 2. The molecule has 0 radical (unpaired) electrons. The Hall–Kier alpha value is -2.83. The molecule has 33 heavy (non-hydrogen) atoms. The highest BCUT2D eigenvalue weighted by atomic mass is 35.5. The zero-order chi connectivity index (χ0) is 24.1. The van der Waals surface area contributed by atoms with Crippen molar-refractivity contribution in [3.8, 4) is 0 Å². The lowest BCUT2D eigenvalue weighted by molar-refractivity contribution is -0.142. The molecule has 0 saturated carbocycles. The molecule has 1 N–H and O–H groups in total. The molecular formula is C25H24Cl2N2O4. The van der Waals surface area contributed by atoms with Crippen molar-refractivity contribution < 1.29 is 19.5 Å². The molecule has 1 spiro atoms. The summed E-state index contributed by atoms with van der Waals surface area (Å²) < 4.78 is 0. The van der Waals surface area contributed by atoms with Crippen LogP contribution < -0.4 is 4.90 Å². The minimum absolute atomic E-state index is 0.0370. The number of fused-ring (bicyclic) bond motifs is 2. The largest absolute Gasteiger partial charge is 0.464 e. The fourth-order valence-corrected chi connectivity index (χ4v) is 5.93. The number of piperidine rings is 1. The number of anilines is 1. The smallest absolute Gasteiger partial charge is 0.418 e. The summed E-state index contributed by atoms with van der Waals surface area (Å²) in [6, 6.07) is 11.3. The number of carboxylic acid groups (broad SMARTS) is 1. The van der Waals surface area contributed by atoms with Crippen LogP contribution in [0.3, 0.4) is 0 Å². The number of amides is 3. The van der Waals surface area contributed by atoms with E-state index in [9.17, 15) is 19.5 Å². The summed E-state index contributed by atoms with van der Waals surface area (Å²) >= 11 is 12.5. The number of carbonyl (C=O) groups is 3. The molecule has 1 saturated heterocycles. The van der Waals surface area contributed by atoms with Crippen LogP contribution in [0.2, 0.25) is 10.0 Å². The third-order valence-corrected chi connectivity index (χ3v) is 7.39. The first-order valence-corrected chi connectivity index (χ1v) is 11.5. The van der Waals surface area contributed by atoms with Gasteiger partial charge in [0.25, 0.3) is 0 Å². The third-order valence-electron chi connectivity index (χ3n) is 6.92. The van der Waals surface area contributed by atoms with Crippen LogP contribution in [0.1, 0.15) is 43.7 Å². The zero-order valence-corrected chi connectivity index (χ0v) is 20.0. The molecule has 2 aliphatic heterocycles. The Bertz CT molecular complexity index is 1190. The minimum atomic E-state index is -1.39. The highest BCUT2D eigenvalue weighted by Gasteiger charge is 2.66. The van der Waals surface area contributed by atoms with Crippen LogP contribution in [0, 0.1) is 0 Å². The maximum Gasteiger partial charge on any atom is 0.418 e. The van der Waals surface area contributed by atoms with Gasteiger partial charge < -0.3 is 10.0 Å². The van der Waals surface area contributed by atoms with Gasteiger partial charge in [0.1, 0.15) is 5.41 Å². The summed E-state index contributed by atoms with van der Waals surface area (Å²) in [6.07, 6.45) is 1.15. The second-order valence-corrected chi connectivity index (χ2v) is 9.26. The van der Waals surface area contributed by atoms with Crippen molar-refractivity contribution in [3.05, 3.63) is 75.3 Å². The van der Waals surface area contributed by atoms with E-state index in [1.807, 2.05) is 26.0 Å². The van der Waals surface area contributed by atoms with Crippen LogP contribution in [0.4, 0.5) is 10.5 Å². The van der Waals surface area contributed by atoms with E-state index in [1.165, 1.54) is 6.07 Å². The van der Waals surface area contributed by atoms with Crippen molar-refractivity contribution in [2.45, 2.75) is 44.1 Å². The Morgan fingerprint density at radius 1 is 1.18 bits per heavy atom. The molecule has 0 aliphatic carbocycles. The number of halogens is 2. The summed E-state index contributed by atoms with van der Waals surface area (Å²) in [5.74, 6) is -1.34. The number of hydrogen-bond donors (Lipinski definition) is 1. The molecule has 172 valence electrons. The molecule has 0 aromatic heterocycles. The maximum atomic E-state index is 14.3. The Kier molecular flexibility index (Phi) is 6.01. The predicted octanol–water partition coefficient (Wildman–Crippen LogP) is 5.63. The molecule has 1 fully saturated rings. The molecule has 0 bridgehead atoms. The molecule has 8 heteroatoms. The van der Waals surface area contributed by atoms with Crippen LogP contribution in [0.25, 0.3) is 0 Å². The number of imide groups is 1. The van der Waals surface area contributed by atoms with E-state index in [4.69, 9.17) is 23.2 Å². The lowest BCUT2D eigenvalue weighted by atomic mass is 9.58. The van der Waals surface area contributed by atoms with Gasteiger partial charge in [-0.15, -0.1) is 0 Å². The summed E-state index contributed by atoms with van der Waals surface area (Å²) in [6.45, 7) is 3.83. The highest BCUT2D eigenvalue weighted by Crippen LogP contribution is 2.58. The monoisotopic (exact) mass is 486 g/mol. The van der Waals surface area contributed by atoms with Crippen LogP contribution in [0.15, 0.2) is 54.1 Å². The van der Waals surface area contributed by atoms with Gasteiger partial charge in [-0.2, -0.15) is 0 Å². The molecule has 2 aliphatic rings. The second-order valence-electron chi connectivity index (χ2n) is 8.39. The van der Waals surface area contributed by atoms with Gasteiger partial charge in [0.2, 0.25) is 11.8 Å². The van der Waals surface area contributed by atoms with Gasteiger partial charge >= 0.3 is 6.09 Å². The van der Waals surface area contributed by atoms with Crippen molar-refractivity contribution >= 4 is 46.8 Å². The highest BCUT2D eigenvalue weighted by molar-refractivity contribution is 6.32. The molecule has 3 atom stereocenters. The van der Waals surface area contributed by atoms with Crippen molar-refractivity contribution in [2.75, 3.05) is 11.9 Å². The van der Waals surface area contributed by atoms with Gasteiger partial charge in [-0.1, -0.05) is 60.0 Å². The van der Waals surface area contributed by atoms with Crippen LogP contribution in [-0.2, 0) is 15.0 Å². The molecule has 2 heterocycles.